The summed E-state index contributed by atoms with van der Waals surface area (Å²) >= 11 is 12.1. The van der Waals surface area contributed by atoms with E-state index in [-0.39, 0.29) is 12.1 Å². The summed E-state index contributed by atoms with van der Waals surface area (Å²) in [5, 5.41) is 1.19. The highest BCUT2D eigenvalue weighted by atomic mass is 35.5. The van der Waals surface area contributed by atoms with Crippen LogP contribution in [-0.4, -0.2) is 18.2 Å². The van der Waals surface area contributed by atoms with Gasteiger partial charge in [-0.3, -0.25) is 0 Å². The topological polar surface area (TPSA) is 35.2 Å². The Balaban J connectivity index is 2.03. The van der Waals surface area contributed by atoms with Gasteiger partial charge in [-0.25, -0.2) is 0 Å². The number of benzene rings is 1. The SMILES string of the molecule is CC1CCC(C(N)Cc2cccc(Cl)c2Cl)O1. The van der Waals surface area contributed by atoms with Gasteiger partial charge in [-0.15, -0.1) is 0 Å². The van der Waals surface area contributed by atoms with Gasteiger partial charge in [0.15, 0.2) is 0 Å². The molecule has 2 nitrogen and oxygen atoms in total. The van der Waals surface area contributed by atoms with E-state index in [4.69, 9.17) is 33.7 Å². The molecule has 1 aliphatic rings. The van der Waals surface area contributed by atoms with Gasteiger partial charge in [-0.2, -0.15) is 0 Å². The molecule has 3 atom stereocenters. The zero-order valence-electron chi connectivity index (χ0n) is 9.83. The lowest BCUT2D eigenvalue weighted by molar-refractivity contribution is 0.0404. The van der Waals surface area contributed by atoms with Gasteiger partial charge in [-0.05, 0) is 37.8 Å². The van der Waals surface area contributed by atoms with E-state index in [1.54, 1.807) is 6.07 Å². The molecule has 0 amide bonds. The molecular weight excluding hydrogens is 257 g/mol. The van der Waals surface area contributed by atoms with Crippen LogP contribution in [0.25, 0.3) is 0 Å². The Morgan fingerprint density at radius 1 is 1.41 bits per heavy atom. The number of hydrogen-bond acceptors (Lipinski definition) is 2. The quantitative estimate of drug-likeness (QED) is 0.916. The second-order valence-corrected chi connectivity index (χ2v) is 5.43. The maximum atomic E-state index is 6.17. The van der Waals surface area contributed by atoms with Crippen molar-refractivity contribution in [2.45, 2.75) is 44.4 Å². The Hall–Kier alpha value is -0.280. The predicted molar refractivity (Wildman–Crippen MR) is 71.7 cm³/mol. The smallest absolute Gasteiger partial charge is 0.0733 e. The third kappa shape index (κ3) is 3.14. The van der Waals surface area contributed by atoms with Crippen LogP contribution in [0.5, 0.6) is 0 Å². The van der Waals surface area contributed by atoms with Crippen LogP contribution in [0.2, 0.25) is 10.0 Å². The summed E-state index contributed by atoms with van der Waals surface area (Å²) in [5.41, 5.74) is 7.16. The van der Waals surface area contributed by atoms with E-state index in [2.05, 4.69) is 6.92 Å². The first-order valence-corrected chi connectivity index (χ1v) is 6.67. The minimum absolute atomic E-state index is 0.0177. The molecule has 4 heteroatoms. The number of ether oxygens (including phenoxy) is 1. The third-order valence-corrected chi connectivity index (χ3v) is 4.09. The Morgan fingerprint density at radius 2 is 2.18 bits per heavy atom. The molecule has 1 aromatic carbocycles. The molecule has 0 aliphatic carbocycles. The summed E-state index contributed by atoms with van der Waals surface area (Å²) in [6, 6.07) is 5.63. The van der Waals surface area contributed by atoms with E-state index >= 15 is 0 Å². The van der Waals surface area contributed by atoms with Crippen LogP contribution < -0.4 is 5.73 Å². The van der Waals surface area contributed by atoms with Crippen LogP contribution in [0.3, 0.4) is 0 Å². The van der Waals surface area contributed by atoms with Crippen molar-refractivity contribution in [1.82, 2.24) is 0 Å². The molecule has 1 aromatic rings. The first-order chi connectivity index (χ1) is 8.08. The number of halogens is 2. The minimum atomic E-state index is -0.0177. The second-order valence-electron chi connectivity index (χ2n) is 4.64. The van der Waals surface area contributed by atoms with Crippen molar-refractivity contribution in [3.63, 3.8) is 0 Å². The van der Waals surface area contributed by atoms with Crippen molar-refractivity contribution in [2.75, 3.05) is 0 Å². The maximum absolute atomic E-state index is 6.17. The second kappa shape index (κ2) is 5.57. The molecule has 0 aromatic heterocycles. The minimum Gasteiger partial charge on any atom is -0.374 e. The largest absolute Gasteiger partial charge is 0.374 e. The Morgan fingerprint density at radius 3 is 2.82 bits per heavy atom. The predicted octanol–water partition coefficient (Wildman–Crippen LogP) is 3.43. The number of nitrogens with two attached hydrogens (primary N) is 1. The first kappa shape index (κ1) is 13.2. The van der Waals surface area contributed by atoms with Gasteiger partial charge in [0.1, 0.15) is 0 Å². The molecule has 1 saturated heterocycles. The molecule has 0 bridgehead atoms. The number of hydrogen-bond donors (Lipinski definition) is 1. The zero-order valence-corrected chi connectivity index (χ0v) is 11.3. The molecule has 2 rings (SSSR count). The molecule has 94 valence electrons. The highest BCUT2D eigenvalue weighted by molar-refractivity contribution is 6.42. The van der Waals surface area contributed by atoms with Gasteiger partial charge < -0.3 is 10.5 Å². The van der Waals surface area contributed by atoms with Crippen molar-refractivity contribution < 1.29 is 4.74 Å². The summed E-state index contributed by atoms with van der Waals surface area (Å²) in [6.45, 7) is 2.08. The standard InChI is InChI=1S/C13H17Cl2NO/c1-8-5-6-12(17-8)11(16)7-9-3-2-4-10(14)13(9)15/h2-4,8,11-12H,5-7,16H2,1H3. The van der Waals surface area contributed by atoms with Crippen molar-refractivity contribution >= 4 is 23.2 Å². The molecule has 1 fully saturated rings. The summed E-state index contributed by atoms with van der Waals surface area (Å²) < 4.78 is 5.76. The molecule has 1 aliphatic heterocycles. The fourth-order valence-electron chi connectivity index (χ4n) is 2.24. The van der Waals surface area contributed by atoms with Crippen molar-refractivity contribution in [3.05, 3.63) is 33.8 Å². The van der Waals surface area contributed by atoms with Crippen LogP contribution in [0.1, 0.15) is 25.3 Å². The summed E-state index contributed by atoms with van der Waals surface area (Å²) in [7, 11) is 0. The van der Waals surface area contributed by atoms with E-state index in [9.17, 15) is 0 Å². The van der Waals surface area contributed by atoms with Crippen LogP contribution in [-0.2, 0) is 11.2 Å². The van der Waals surface area contributed by atoms with Gasteiger partial charge in [0, 0.05) is 6.04 Å². The molecule has 3 unspecified atom stereocenters. The Labute approximate surface area is 112 Å². The Kier molecular flexibility index (Phi) is 4.31. The normalized spacial score (nSPS) is 26.1. The fraction of sp³-hybridized carbons (Fsp3) is 0.538. The molecular formula is C13H17Cl2NO. The zero-order chi connectivity index (χ0) is 12.4. The molecule has 0 radical (unpaired) electrons. The third-order valence-electron chi connectivity index (χ3n) is 3.23. The highest BCUT2D eigenvalue weighted by Crippen LogP contribution is 2.28. The lowest BCUT2D eigenvalue weighted by Gasteiger charge is -2.20. The van der Waals surface area contributed by atoms with Gasteiger partial charge >= 0.3 is 0 Å². The lowest BCUT2D eigenvalue weighted by Crippen LogP contribution is -2.36. The van der Waals surface area contributed by atoms with E-state index in [1.165, 1.54) is 0 Å². The van der Waals surface area contributed by atoms with Crippen molar-refractivity contribution in [3.8, 4) is 0 Å². The molecule has 2 N–H and O–H groups in total. The van der Waals surface area contributed by atoms with E-state index < -0.39 is 0 Å². The van der Waals surface area contributed by atoms with Crippen molar-refractivity contribution in [2.24, 2.45) is 5.73 Å². The van der Waals surface area contributed by atoms with E-state index in [0.717, 1.165) is 18.4 Å². The summed E-state index contributed by atoms with van der Waals surface area (Å²) in [5.74, 6) is 0. The monoisotopic (exact) mass is 273 g/mol. The Bertz CT molecular complexity index is 397. The van der Waals surface area contributed by atoms with Crippen LogP contribution >= 0.6 is 23.2 Å². The van der Waals surface area contributed by atoms with Gasteiger partial charge in [0.05, 0.1) is 22.3 Å². The van der Waals surface area contributed by atoms with Crippen LogP contribution in [0, 0.1) is 0 Å². The van der Waals surface area contributed by atoms with Crippen LogP contribution in [0.15, 0.2) is 18.2 Å². The van der Waals surface area contributed by atoms with Crippen molar-refractivity contribution in [1.29, 1.82) is 0 Å². The molecule has 1 heterocycles. The van der Waals surface area contributed by atoms with Crippen LogP contribution in [0.4, 0.5) is 0 Å². The highest BCUT2D eigenvalue weighted by Gasteiger charge is 2.27. The molecule has 0 spiro atoms. The average molecular weight is 274 g/mol. The molecule has 17 heavy (non-hydrogen) atoms. The van der Waals surface area contributed by atoms with E-state index in [0.29, 0.717) is 22.6 Å². The van der Waals surface area contributed by atoms with Gasteiger partial charge in [0.2, 0.25) is 0 Å². The van der Waals surface area contributed by atoms with Gasteiger partial charge in [0.25, 0.3) is 0 Å². The molecule has 0 saturated carbocycles. The maximum Gasteiger partial charge on any atom is 0.0733 e. The summed E-state index contributed by atoms with van der Waals surface area (Å²) in [6.07, 6.45) is 3.28. The summed E-state index contributed by atoms with van der Waals surface area (Å²) in [4.78, 5) is 0. The fourth-order valence-corrected chi connectivity index (χ4v) is 2.64. The van der Waals surface area contributed by atoms with Gasteiger partial charge in [-0.1, -0.05) is 35.3 Å². The first-order valence-electron chi connectivity index (χ1n) is 5.92. The van der Waals surface area contributed by atoms with E-state index in [1.807, 2.05) is 12.1 Å². The lowest BCUT2D eigenvalue weighted by atomic mass is 10.00. The average Bonchev–Trinajstić information content (AvgIpc) is 2.72. The number of rotatable bonds is 3.